The maximum atomic E-state index is 6.15. The molecule has 0 unspecified atom stereocenters. The minimum absolute atomic E-state index is 0.439. The summed E-state index contributed by atoms with van der Waals surface area (Å²) in [7, 11) is 1.71. The Bertz CT molecular complexity index is 740. The number of hydrogen-bond acceptors (Lipinski definition) is 3. The van der Waals surface area contributed by atoms with Crippen LogP contribution in [0.5, 0.6) is 5.75 Å². The fourth-order valence-electron chi connectivity index (χ4n) is 3.15. The third-order valence-corrected chi connectivity index (χ3v) is 5.29. The lowest BCUT2D eigenvalue weighted by Gasteiger charge is -2.17. The van der Waals surface area contributed by atoms with Crippen molar-refractivity contribution in [2.75, 3.05) is 12.4 Å². The molecule has 0 aliphatic heterocycles. The van der Waals surface area contributed by atoms with Gasteiger partial charge in [0.05, 0.1) is 22.8 Å². The predicted molar refractivity (Wildman–Crippen MR) is 104 cm³/mol. The standard InChI is InChI=1S/C18H18Cl2N2OS/c1-23-16-7-6-12(8-13(16)11-4-2-3-5-11)18(24)22-17-14(19)9-21-10-15(17)20/h6-11H,2-5H2,1H3,(H,21,22,24). The van der Waals surface area contributed by atoms with E-state index in [0.29, 0.717) is 26.6 Å². The number of pyridine rings is 1. The Labute approximate surface area is 157 Å². The number of ether oxygens (including phenoxy) is 1. The molecule has 0 radical (unpaired) electrons. The Morgan fingerprint density at radius 3 is 2.50 bits per heavy atom. The van der Waals surface area contributed by atoms with E-state index >= 15 is 0 Å². The molecule has 1 fully saturated rings. The van der Waals surface area contributed by atoms with Crippen molar-refractivity contribution in [2.24, 2.45) is 0 Å². The van der Waals surface area contributed by atoms with Gasteiger partial charge in [0, 0.05) is 18.0 Å². The number of hydrogen-bond donors (Lipinski definition) is 1. The Balaban J connectivity index is 1.88. The van der Waals surface area contributed by atoms with Crippen LogP contribution in [-0.4, -0.2) is 17.1 Å². The van der Waals surface area contributed by atoms with Gasteiger partial charge in [0.25, 0.3) is 0 Å². The lowest BCUT2D eigenvalue weighted by atomic mass is 9.95. The summed E-state index contributed by atoms with van der Waals surface area (Å²) in [6.45, 7) is 0. The van der Waals surface area contributed by atoms with E-state index < -0.39 is 0 Å². The van der Waals surface area contributed by atoms with Crippen LogP contribution in [0.4, 0.5) is 5.69 Å². The first-order chi connectivity index (χ1) is 11.6. The number of thiocarbonyl (C=S) groups is 1. The molecule has 3 nitrogen and oxygen atoms in total. The van der Waals surface area contributed by atoms with Crippen molar-refractivity contribution >= 4 is 46.1 Å². The van der Waals surface area contributed by atoms with Gasteiger partial charge in [-0.2, -0.15) is 0 Å². The van der Waals surface area contributed by atoms with E-state index in [4.69, 9.17) is 40.2 Å². The van der Waals surface area contributed by atoms with Crippen molar-refractivity contribution in [3.05, 3.63) is 51.8 Å². The maximum Gasteiger partial charge on any atom is 0.122 e. The zero-order chi connectivity index (χ0) is 17.1. The van der Waals surface area contributed by atoms with E-state index in [1.165, 1.54) is 43.6 Å². The third kappa shape index (κ3) is 3.66. The summed E-state index contributed by atoms with van der Waals surface area (Å²) >= 11 is 17.9. The van der Waals surface area contributed by atoms with Crippen LogP contribution in [0.2, 0.25) is 10.0 Å². The molecule has 1 heterocycles. The summed E-state index contributed by atoms with van der Waals surface area (Å²) in [6, 6.07) is 6.05. The van der Waals surface area contributed by atoms with Gasteiger partial charge in [-0.3, -0.25) is 4.98 Å². The zero-order valence-electron chi connectivity index (χ0n) is 13.3. The van der Waals surface area contributed by atoms with E-state index in [0.717, 1.165) is 11.3 Å². The van der Waals surface area contributed by atoms with Gasteiger partial charge in [-0.05, 0) is 42.5 Å². The minimum Gasteiger partial charge on any atom is -0.496 e. The average molecular weight is 381 g/mol. The second-order valence-electron chi connectivity index (χ2n) is 5.87. The van der Waals surface area contributed by atoms with Crippen molar-refractivity contribution in [3.8, 4) is 5.75 Å². The maximum absolute atomic E-state index is 6.15. The van der Waals surface area contributed by atoms with Crippen LogP contribution in [0.3, 0.4) is 0 Å². The normalized spacial score (nSPS) is 14.6. The highest BCUT2D eigenvalue weighted by molar-refractivity contribution is 7.81. The van der Waals surface area contributed by atoms with Gasteiger partial charge < -0.3 is 10.1 Å². The quantitative estimate of drug-likeness (QED) is 0.675. The first-order valence-electron chi connectivity index (χ1n) is 7.88. The number of nitrogens with zero attached hydrogens (tertiary/aromatic N) is 1. The molecule has 0 bridgehead atoms. The van der Waals surface area contributed by atoms with E-state index in [1.807, 2.05) is 12.1 Å². The third-order valence-electron chi connectivity index (χ3n) is 4.38. The molecule has 1 aromatic carbocycles. The van der Waals surface area contributed by atoms with Crippen molar-refractivity contribution in [1.82, 2.24) is 4.98 Å². The molecule has 1 saturated carbocycles. The van der Waals surface area contributed by atoms with Gasteiger partial charge in [0.15, 0.2) is 0 Å². The summed E-state index contributed by atoms with van der Waals surface area (Å²) in [4.78, 5) is 4.53. The number of rotatable bonds is 4. The highest BCUT2D eigenvalue weighted by atomic mass is 35.5. The molecule has 1 N–H and O–H groups in total. The number of methoxy groups -OCH3 is 1. The molecule has 2 aromatic rings. The highest BCUT2D eigenvalue weighted by Gasteiger charge is 2.21. The van der Waals surface area contributed by atoms with Gasteiger partial charge in [0.2, 0.25) is 0 Å². The lowest BCUT2D eigenvalue weighted by Crippen LogP contribution is -2.12. The number of nitrogens with one attached hydrogen (secondary N) is 1. The second kappa shape index (κ2) is 7.68. The monoisotopic (exact) mass is 380 g/mol. The molecule has 0 atom stereocenters. The van der Waals surface area contributed by atoms with E-state index in [1.54, 1.807) is 7.11 Å². The molecule has 1 aliphatic carbocycles. The largest absolute Gasteiger partial charge is 0.496 e. The summed E-state index contributed by atoms with van der Waals surface area (Å²) in [5.74, 6) is 1.46. The summed E-state index contributed by atoms with van der Waals surface area (Å²) < 4.78 is 5.53. The van der Waals surface area contributed by atoms with Crippen LogP contribution in [0.15, 0.2) is 30.6 Å². The Hall–Kier alpha value is -1.36. The van der Waals surface area contributed by atoms with Crippen LogP contribution in [0, 0.1) is 0 Å². The molecular weight excluding hydrogens is 363 g/mol. The van der Waals surface area contributed by atoms with Crippen LogP contribution >= 0.6 is 35.4 Å². The minimum atomic E-state index is 0.439. The SMILES string of the molecule is COc1ccc(C(=S)Nc2c(Cl)cncc2Cl)cc1C1CCCC1. The molecule has 0 saturated heterocycles. The Morgan fingerprint density at radius 2 is 1.88 bits per heavy atom. The number of aromatic nitrogens is 1. The number of halogens is 2. The first kappa shape index (κ1) is 17.5. The van der Waals surface area contributed by atoms with Crippen LogP contribution in [0.25, 0.3) is 0 Å². The zero-order valence-corrected chi connectivity index (χ0v) is 15.6. The smallest absolute Gasteiger partial charge is 0.122 e. The fourth-order valence-corrected chi connectivity index (χ4v) is 3.84. The highest BCUT2D eigenvalue weighted by Crippen LogP contribution is 2.39. The van der Waals surface area contributed by atoms with E-state index in [-0.39, 0.29) is 0 Å². The summed E-state index contributed by atoms with van der Waals surface area (Å²) in [6.07, 6.45) is 8.00. The van der Waals surface area contributed by atoms with Crippen LogP contribution in [0.1, 0.15) is 42.7 Å². The number of anilines is 1. The molecule has 3 rings (SSSR count). The Kier molecular flexibility index (Phi) is 5.59. The molecule has 1 aliphatic rings. The van der Waals surface area contributed by atoms with E-state index in [2.05, 4.69) is 16.4 Å². The lowest BCUT2D eigenvalue weighted by molar-refractivity contribution is 0.405. The topological polar surface area (TPSA) is 34.1 Å². The van der Waals surface area contributed by atoms with E-state index in [9.17, 15) is 0 Å². The fraction of sp³-hybridized carbons (Fsp3) is 0.333. The van der Waals surface area contributed by atoms with Gasteiger partial charge in [-0.25, -0.2) is 0 Å². The molecule has 6 heteroatoms. The number of benzene rings is 1. The molecule has 1 aromatic heterocycles. The van der Waals surface area contributed by atoms with Gasteiger partial charge in [-0.1, -0.05) is 48.3 Å². The molecular formula is C18H18Cl2N2OS. The second-order valence-corrected chi connectivity index (χ2v) is 7.09. The van der Waals surface area contributed by atoms with Crippen LogP contribution in [-0.2, 0) is 0 Å². The predicted octanol–water partition coefficient (Wildman–Crippen LogP) is 5.84. The van der Waals surface area contributed by atoms with Gasteiger partial charge in [-0.15, -0.1) is 0 Å². The first-order valence-corrected chi connectivity index (χ1v) is 9.05. The average Bonchev–Trinajstić information content (AvgIpc) is 3.12. The molecule has 0 spiro atoms. The molecule has 126 valence electrons. The van der Waals surface area contributed by atoms with Crippen molar-refractivity contribution in [1.29, 1.82) is 0 Å². The van der Waals surface area contributed by atoms with Crippen molar-refractivity contribution < 1.29 is 4.74 Å². The summed E-state index contributed by atoms with van der Waals surface area (Å²) in [5, 5.41) is 4.02. The molecule has 24 heavy (non-hydrogen) atoms. The van der Waals surface area contributed by atoms with Gasteiger partial charge in [0.1, 0.15) is 10.7 Å². The van der Waals surface area contributed by atoms with Crippen molar-refractivity contribution in [3.63, 3.8) is 0 Å². The molecule has 0 amide bonds. The Morgan fingerprint density at radius 1 is 1.21 bits per heavy atom. The summed E-state index contributed by atoms with van der Waals surface area (Å²) in [5.41, 5.74) is 2.73. The van der Waals surface area contributed by atoms with Gasteiger partial charge >= 0.3 is 0 Å². The van der Waals surface area contributed by atoms with Crippen molar-refractivity contribution in [2.45, 2.75) is 31.6 Å². The van der Waals surface area contributed by atoms with Crippen LogP contribution < -0.4 is 10.1 Å².